The molecule has 1 fully saturated rings. The Morgan fingerprint density at radius 3 is 2.60 bits per heavy atom. The van der Waals surface area contributed by atoms with Gasteiger partial charge in [-0.3, -0.25) is 4.79 Å². The van der Waals surface area contributed by atoms with Crippen molar-refractivity contribution in [2.45, 2.75) is 11.8 Å². The third-order valence-electron chi connectivity index (χ3n) is 4.74. The molecular weight excluding hydrogens is 408 g/mol. The largest absolute Gasteiger partial charge is 0.497 e. The minimum Gasteiger partial charge on any atom is -0.497 e. The van der Waals surface area contributed by atoms with Gasteiger partial charge in [0.05, 0.1) is 31.8 Å². The molecular formula is C21H26N2O6S. The van der Waals surface area contributed by atoms with Gasteiger partial charge >= 0.3 is 0 Å². The molecule has 0 radical (unpaired) electrons. The van der Waals surface area contributed by atoms with Gasteiger partial charge in [0.25, 0.3) is 5.91 Å². The van der Waals surface area contributed by atoms with Gasteiger partial charge in [0.15, 0.2) is 0 Å². The lowest BCUT2D eigenvalue weighted by atomic mass is 10.1. The molecule has 30 heavy (non-hydrogen) atoms. The van der Waals surface area contributed by atoms with Crippen molar-refractivity contribution in [2.75, 3.05) is 46.6 Å². The number of hydrogen-bond donors (Lipinski definition) is 1. The first-order valence-corrected chi connectivity index (χ1v) is 11.1. The van der Waals surface area contributed by atoms with Gasteiger partial charge in [-0.05, 0) is 36.8 Å². The molecule has 1 heterocycles. The quantitative estimate of drug-likeness (QED) is 0.637. The van der Waals surface area contributed by atoms with Gasteiger partial charge in [-0.2, -0.15) is 4.31 Å². The highest BCUT2D eigenvalue weighted by atomic mass is 32.2. The molecule has 2 aromatic carbocycles. The second kappa shape index (κ2) is 9.92. The SMILES string of the molecule is COc1cccc(OCCNC(=O)c2ccc(C)c(S(=O)(=O)N3CCOCC3)c2)c1. The molecule has 0 bridgehead atoms. The predicted octanol–water partition coefficient (Wildman–Crippen LogP) is 1.83. The Bertz CT molecular complexity index is 987. The molecule has 3 rings (SSSR count). The van der Waals surface area contributed by atoms with Crippen molar-refractivity contribution in [3.8, 4) is 11.5 Å². The molecule has 1 aliphatic rings. The molecule has 0 saturated carbocycles. The standard InChI is InChI=1S/C21H26N2O6S/c1-16-6-7-17(14-20(16)30(25,26)23-9-12-28-13-10-23)21(24)22-8-11-29-19-5-3-4-18(15-19)27-2/h3-7,14-15H,8-13H2,1-2H3,(H,22,24). The van der Waals surface area contributed by atoms with Crippen LogP contribution in [0.4, 0.5) is 0 Å². The fraction of sp³-hybridized carbons (Fsp3) is 0.381. The van der Waals surface area contributed by atoms with Crippen LogP contribution in [0.25, 0.3) is 0 Å². The van der Waals surface area contributed by atoms with E-state index in [1.165, 1.54) is 10.4 Å². The van der Waals surface area contributed by atoms with Crippen LogP contribution in [0.15, 0.2) is 47.4 Å². The number of amides is 1. The second-order valence-electron chi connectivity index (χ2n) is 6.78. The molecule has 1 amide bonds. The zero-order chi connectivity index (χ0) is 21.6. The fourth-order valence-electron chi connectivity index (χ4n) is 3.07. The number of morpholine rings is 1. The number of nitrogens with zero attached hydrogens (tertiary/aromatic N) is 1. The Kier molecular flexibility index (Phi) is 7.30. The molecule has 1 aliphatic heterocycles. The Balaban J connectivity index is 1.61. The molecule has 0 unspecified atom stereocenters. The van der Waals surface area contributed by atoms with Crippen LogP contribution in [0.2, 0.25) is 0 Å². The lowest BCUT2D eigenvalue weighted by molar-refractivity contribution is 0.0730. The number of carbonyl (C=O) groups is 1. The van der Waals surface area contributed by atoms with E-state index in [4.69, 9.17) is 14.2 Å². The summed E-state index contributed by atoms with van der Waals surface area (Å²) in [4.78, 5) is 12.7. The summed E-state index contributed by atoms with van der Waals surface area (Å²) >= 11 is 0. The summed E-state index contributed by atoms with van der Waals surface area (Å²) in [6.07, 6.45) is 0. The van der Waals surface area contributed by atoms with Crippen LogP contribution in [0.3, 0.4) is 0 Å². The average molecular weight is 435 g/mol. The van der Waals surface area contributed by atoms with E-state index in [1.54, 1.807) is 38.3 Å². The molecule has 162 valence electrons. The number of carbonyl (C=O) groups excluding carboxylic acids is 1. The summed E-state index contributed by atoms with van der Waals surface area (Å²) < 4.78 is 43.3. The van der Waals surface area contributed by atoms with Crippen molar-refractivity contribution in [1.29, 1.82) is 0 Å². The lowest BCUT2D eigenvalue weighted by Gasteiger charge is -2.26. The monoisotopic (exact) mass is 434 g/mol. The normalized spacial score (nSPS) is 14.9. The van der Waals surface area contributed by atoms with Gasteiger partial charge in [0.2, 0.25) is 10.0 Å². The van der Waals surface area contributed by atoms with Crippen LogP contribution in [0, 0.1) is 6.92 Å². The van der Waals surface area contributed by atoms with E-state index in [2.05, 4.69) is 5.32 Å². The second-order valence-corrected chi connectivity index (χ2v) is 8.69. The number of hydrogen-bond acceptors (Lipinski definition) is 6. The van der Waals surface area contributed by atoms with E-state index in [0.717, 1.165) is 0 Å². The van der Waals surface area contributed by atoms with Crippen LogP contribution in [0.5, 0.6) is 11.5 Å². The van der Waals surface area contributed by atoms with E-state index in [9.17, 15) is 13.2 Å². The lowest BCUT2D eigenvalue weighted by Crippen LogP contribution is -2.41. The Morgan fingerprint density at radius 2 is 1.87 bits per heavy atom. The van der Waals surface area contributed by atoms with Crippen molar-refractivity contribution in [3.05, 3.63) is 53.6 Å². The first-order valence-electron chi connectivity index (χ1n) is 9.65. The maximum absolute atomic E-state index is 13.0. The highest BCUT2D eigenvalue weighted by Crippen LogP contribution is 2.22. The van der Waals surface area contributed by atoms with Gasteiger partial charge < -0.3 is 19.5 Å². The third kappa shape index (κ3) is 5.29. The Hall–Kier alpha value is -2.62. The van der Waals surface area contributed by atoms with Crippen LogP contribution in [-0.4, -0.2) is 65.2 Å². The molecule has 1 saturated heterocycles. The van der Waals surface area contributed by atoms with Gasteiger partial charge in [-0.15, -0.1) is 0 Å². The molecule has 0 atom stereocenters. The number of benzene rings is 2. The number of sulfonamides is 1. The molecule has 0 spiro atoms. The van der Waals surface area contributed by atoms with Crippen LogP contribution >= 0.6 is 0 Å². The first-order chi connectivity index (χ1) is 14.4. The fourth-order valence-corrected chi connectivity index (χ4v) is 4.73. The maximum Gasteiger partial charge on any atom is 0.251 e. The van der Waals surface area contributed by atoms with Crippen molar-refractivity contribution in [2.24, 2.45) is 0 Å². The number of ether oxygens (including phenoxy) is 3. The molecule has 0 aromatic heterocycles. The Morgan fingerprint density at radius 1 is 1.13 bits per heavy atom. The zero-order valence-corrected chi connectivity index (χ0v) is 17.9. The zero-order valence-electron chi connectivity index (χ0n) is 17.1. The van der Waals surface area contributed by atoms with E-state index in [1.807, 2.05) is 12.1 Å². The summed E-state index contributed by atoms with van der Waals surface area (Å²) in [6, 6.07) is 11.9. The minimum absolute atomic E-state index is 0.143. The Labute approximate surface area is 176 Å². The van der Waals surface area contributed by atoms with E-state index in [-0.39, 0.29) is 29.5 Å². The summed E-state index contributed by atoms with van der Waals surface area (Å²) in [6.45, 7) is 3.60. The highest BCUT2D eigenvalue weighted by molar-refractivity contribution is 7.89. The first kappa shape index (κ1) is 22.1. The number of nitrogens with one attached hydrogen (secondary N) is 1. The number of methoxy groups -OCH3 is 1. The summed E-state index contributed by atoms with van der Waals surface area (Å²) in [7, 11) is -2.10. The van der Waals surface area contributed by atoms with Gasteiger partial charge in [0.1, 0.15) is 18.1 Å². The number of rotatable bonds is 8. The van der Waals surface area contributed by atoms with Crippen molar-refractivity contribution >= 4 is 15.9 Å². The molecule has 9 heteroatoms. The van der Waals surface area contributed by atoms with Crippen molar-refractivity contribution in [1.82, 2.24) is 9.62 Å². The topological polar surface area (TPSA) is 94.2 Å². The smallest absolute Gasteiger partial charge is 0.251 e. The third-order valence-corrected chi connectivity index (χ3v) is 6.78. The summed E-state index contributed by atoms with van der Waals surface area (Å²) in [5.41, 5.74) is 0.883. The average Bonchev–Trinajstić information content (AvgIpc) is 2.77. The van der Waals surface area contributed by atoms with Crippen LogP contribution in [0.1, 0.15) is 15.9 Å². The predicted molar refractivity (Wildman–Crippen MR) is 112 cm³/mol. The highest BCUT2D eigenvalue weighted by Gasteiger charge is 2.28. The molecule has 8 nitrogen and oxygen atoms in total. The molecule has 0 aliphatic carbocycles. The van der Waals surface area contributed by atoms with Crippen LogP contribution in [-0.2, 0) is 14.8 Å². The van der Waals surface area contributed by atoms with Gasteiger partial charge in [-0.1, -0.05) is 12.1 Å². The van der Waals surface area contributed by atoms with E-state index in [0.29, 0.717) is 43.4 Å². The number of aryl methyl sites for hydroxylation is 1. The summed E-state index contributed by atoms with van der Waals surface area (Å²) in [5, 5.41) is 2.75. The minimum atomic E-state index is -3.68. The van der Waals surface area contributed by atoms with E-state index < -0.39 is 10.0 Å². The van der Waals surface area contributed by atoms with Crippen molar-refractivity contribution in [3.63, 3.8) is 0 Å². The van der Waals surface area contributed by atoms with Crippen LogP contribution < -0.4 is 14.8 Å². The van der Waals surface area contributed by atoms with Crippen molar-refractivity contribution < 1.29 is 27.4 Å². The molecule has 1 N–H and O–H groups in total. The maximum atomic E-state index is 13.0. The van der Waals surface area contributed by atoms with Gasteiger partial charge in [-0.25, -0.2) is 8.42 Å². The van der Waals surface area contributed by atoms with Gasteiger partial charge in [0, 0.05) is 24.7 Å². The molecule has 2 aromatic rings. The van der Waals surface area contributed by atoms with E-state index >= 15 is 0 Å². The summed E-state index contributed by atoms with van der Waals surface area (Å²) in [5.74, 6) is 0.964.